The third kappa shape index (κ3) is 4.73. The average molecular weight is 513 g/mol. The molecule has 0 atom stereocenters. The van der Waals surface area contributed by atoms with E-state index in [2.05, 4.69) is 17.1 Å². The quantitative estimate of drug-likeness (QED) is 0.456. The van der Waals surface area contributed by atoms with E-state index in [0.717, 1.165) is 5.56 Å². The van der Waals surface area contributed by atoms with Crippen LogP contribution in [-0.2, 0) is 15.6 Å². The zero-order valence-electron chi connectivity index (χ0n) is 21.0. The Balaban J connectivity index is 1.68. The summed E-state index contributed by atoms with van der Waals surface area (Å²) in [5.41, 5.74) is 8.06. The van der Waals surface area contributed by atoms with Crippen LogP contribution in [0.4, 0.5) is 11.8 Å². The molecule has 0 bridgehead atoms. The van der Waals surface area contributed by atoms with E-state index in [1.807, 2.05) is 30.1 Å². The van der Waals surface area contributed by atoms with Crippen LogP contribution in [0.15, 0.2) is 42.5 Å². The zero-order valence-corrected chi connectivity index (χ0v) is 21.8. The second-order valence-corrected chi connectivity index (χ2v) is 11.5. The summed E-state index contributed by atoms with van der Waals surface area (Å²) in [6.45, 7) is 1.40. The first-order valence-corrected chi connectivity index (χ1v) is 13.1. The van der Waals surface area contributed by atoms with Crippen molar-refractivity contribution >= 4 is 39.2 Å². The summed E-state index contributed by atoms with van der Waals surface area (Å²) >= 11 is 0. The fourth-order valence-corrected chi connectivity index (χ4v) is 5.96. The number of nitrogens with two attached hydrogens (primary N) is 1. The van der Waals surface area contributed by atoms with E-state index in [1.165, 1.54) is 15.7 Å². The summed E-state index contributed by atoms with van der Waals surface area (Å²) in [6.07, 6.45) is 2.01. The van der Waals surface area contributed by atoms with Crippen molar-refractivity contribution in [3.8, 4) is 5.75 Å². The summed E-state index contributed by atoms with van der Waals surface area (Å²) < 4.78 is 33.5. The Morgan fingerprint density at radius 2 is 1.78 bits per heavy atom. The Bertz CT molecular complexity index is 1360. The Kier molecular flexibility index (Phi) is 7.17. The molecule has 0 saturated carbocycles. The largest absolute Gasteiger partial charge is 0.496 e. The SMILES string of the molecule is COc1cc2nc(N(C)CC3(c4ccccc4)CCN(S(=O)(=O)N(C)C)CC3)nc(N)c2cc1C=O. The lowest BCUT2D eigenvalue weighted by Gasteiger charge is -2.44. The zero-order chi connectivity index (χ0) is 26.1. The van der Waals surface area contributed by atoms with Gasteiger partial charge in [-0.05, 0) is 24.5 Å². The molecule has 10 nitrogen and oxygen atoms in total. The van der Waals surface area contributed by atoms with Gasteiger partial charge in [0, 0.05) is 57.6 Å². The number of nitrogen functional groups attached to an aromatic ring is 1. The van der Waals surface area contributed by atoms with Crippen molar-refractivity contribution in [3.05, 3.63) is 53.6 Å². The monoisotopic (exact) mass is 512 g/mol. The number of hydrogen-bond acceptors (Lipinski definition) is 8. The maximum Gasteiger partial charge on any atom is 0.281 e. The van der Waals surface area contributed by atoms with Crippen molar-refractivity contribution in [2.24, 2.45) is 0 Å². The number of carbonyl (C=O) groups is 1. The van der Waals surface area contributed by atoms with Crippen LogP contribution in [0, 0.1) is 0 Å². The molecule has 0 amide bonds. The molecule has 192 valence electrons. The van der Waals surface area contributed by atoms with E-state index < -0.39 is 10.2 Å². The van der Waals surface area contributed by atoms with E-state index in [0.29, 0.717) is 66.9 Å². The van der Waals surface area contributed by atoms with Crippen LogP contribution < -0.4 is 15.4 Å². The average Bonchev–Trinajstić information content (AvgIpc) is 2.88. The molecule has 0 radical (unpaired) electrons. The highest BCUT2D eigenvalue weighted by molar-refractivity contribution is 7.86. The molecule has 1 aliphatic rings. The summed E-state index contributed by atoms with van der Waals surface area (Å²) in [4.78, 5) is 22.6. The van der Waals surface area contributed by atoms with Crippen LogP contribution in [0.25, 0.3) is 10.9 Å². The topological polar surface area (TPSA) is 122 Å². The van der Waals surface area contributed by atoms with Crippen molar-refractivity contribution in [1.29, 1.82) is 0 Å². The first kappa shape index (κ1) is 25.8. The molecule has 1 saturated heterocycles. The Morgan fingerprint density at radius 3 is 2.36 bits per heavy atom. The van der Waals surface area contributed by atoms with Gasteiger partial charge in [0.05, 0.1) is 18.2 Å². The van der Waals surface area contributed by atoms with Crippen molar-refractivity contribution < 1.29 is 17.9 Å². The number of hydrogen-bond donors (Lipinski definition) is 1. The smallest absolute Gasteiger partial charge is 0.281 e. The lowest BCUT2D eigenvalue weighted by atomic mass is 9.73. The van der Waals surface area contributed by atoms with Crippen LogP contribution in [0.1, 0.15) is 28.8 Å². The number of fused-ring (bicyclic) bond motifs is 1. The van der Waals surface area contributed by atoms with Crippen LogP contribution in [-0.4, -0.2) is 81.2 Å². The lowest BCUT2D eigenvalue weighted by molar-refractivity contribution is 0.112. The number of benzene rings is 2. The van der Waals surface area contributed by atoms with Crippen LogP contribution in [0.5, 0.6) is 5.75 Å². The molecule has 0 aliphatic carbocycles. The minimum Gasteiger partial charge on any atom is -0.496 e. The van der Waals surface area contributed by atoms with Crippen LogP contribution >= 0.6 is 0 Å². The first-order chi connectivity index (χ1) is 17.1. The van der Waals surface area contributed by atoms with E-state index in [9.17, 15) is 13.2 Å². The fourth-order valence-electron chi connectivity index (χ4n) is 4.85. The predicted octanol–water partition coefficient (Wildman–Crippen LogP) is 2.31. The number of aromatic nitrogens is 2. The molecule has 0 unspecified atom stereocenters. The molecule has 36 heavy (non-hydrogen) atoms. The Labute approximate surface area is 211 Å². The highest BCUT2D eigenvalue weighted by atomic mass is 32.2. The van der Waals surface area contributed by atoms with Crippen LogP contribution in [0.3, 0.4) is 0 Å². The maximum absolute atomic E-state index is 12.7. The van der Waals surface area contributed by atoms with Gasteiger partial charge in [-0.15, -0.1) is 0 Å². The third-order valence-corrected chi connectivity index (χ3v) is 8.87. The summed E-state index contributed by atoms with van der Waals surface area (Å²) in [5.74, 6) is 1.13. The summed E-state index contributed by atoms with van der Waals surface area (Å²) in [5, 5.41) is 0.579. The van der Waals surface area contributed by atoms with Gasteiger partial charge in [-0.2, -0.15) is 22.0 Å². The van der Waals surface area contributed by atoms with Gasteiger partial charge in [0.25, 0.3) is 10.2 Å². The van der Waals surface area contributed by atoms with Gasteiger partial charge in [0.2, 0.25) is 5.95 Å². The molecule has 2 heterocycles. The molecule has 1 fully saturated rings. The van der Waals surface area contributed by atoms with E-state index >= 15 is 0 Å². The normalized spacial score (nSPS) is 16.2. The standard InChI is InChI=1S/C25H32N6O4S/c1-29(2)36(33,34)31-12-10-25(11-13-31,19-8-6-5-7-9-19)17-30(3)24-27-21-15-22(35-4)18(16-32)14-20(21)23(26)28-24/h5-9,14-16H,10-13,17H2,1-4H3,(H2,26,27,28). The van der Waals surface area contributed by atoms with Crippen molar-refractivity contribution in [3.63, 3.8) is 0 Å². The number of nitrogens with zero attached hydrogens (tertiary/aromatic N) is 5. The van der Waals surface area contributed by atoms with Crippen LogP contribution in [0.2, 0.25) is 0 Å². The number of ether oxygens (including phenoxy) is 1. The summed E-state index contributed by atoms with van der Waals surface area (Å²) in [6, 6.07) is 13.5. The maximum atomic E-state index is 12.7. The Hall–Kier alpha value is -3.28. The molecule has 4 rings (SSSR count). The minimum absolute atomic E-state index is 0.272. The van der Waals surface area contributed by atoms with Crippen molar-refractivity contribution in [1.82, 2.24) is 18.6 Å². The second kappa shape index (κ2) is 10.00. The second-order valence-electron chi connectivity index (χ2n) is 9.33. The highest BCUT2D eigenvalue weighted by Crippen LogP contribution is 2.38. The number of rotatable bonds is 8. The number of anilines is 2. The number of aldehydes is 1. The number of piperidine rings is 1. The number of carbonyl (C=O) groups excluding carboxylic acids is 1. The lowest BCUT2D eigenvalue weighted by Crippen LogP contribution is -2.52. The molecule has 0 spiro atoms. The Morgan fingerprint density at radius 1 is 1.11 bits per heavy atom. The van der Waals surface area contributed by atoms with Gasteiger partial charge >= 0.3 is 0 Å². The molecule has 1 aliphatic heterocycles. The molecule has 3 aromatic rings. The van der Waals surface area contributed by atoms with Crippen molar-refractivity contribution in [2.75, 3.05) is 58.5 Å². The first-order valence-electron chi connectivity index (χ1n) is 11.7. The number of likely N-dealkylation sites (N-methyl/N-ethyl adjacent to an activating group) is 1. The van der Waals surface area contributed by atoms with Gasteiger partial charge in [0.15, 0.2) is 6.29 Å². The predicted molar refractivity (Wildman–Crippen MR) is 141 cm³/mol. The van der Waals surface area contributed by atoms with Crippen molar-refractivity contribution in [2.45, 2.75) is 18.3 Å². The van der Waals surface area contributed by atoms with E-state index in [1.54, 1.807) is 26.2 Å². The fraction of sp³-hybridized carbons (Fsp3) is 0.400. The highest BCUT2D eigenvalue weighted by Gasteiger charge is 2.41. The summed E-state index contributed by atoms with van der Waals surface area (Å²) in [7, 11) is 3.03. The van der Waals surface area contributed by atoms with Gasteiger partial charge in [-0.3, -0.25) is 4.79 Å². The molecule has 11 heteroatoms. The molecule has 1 aromatic heterocycles. The van der Waals surface area contributed by atoms with E-state index in [4.69, 9.17) is 15.5 Å². The molecular formula is C25H32N6O4S. The number of methoxy groups -OCH3 is 1. The van der Waals surface area contributed by atoms with Gasteiger partial charge < -0.3 is 15.4 Å². The molecular weight excluding hydrogens is 480 g/mol. The third-order valence-electron chi connectivity index (χ3n) is 6.93. The van der Waals surface area contributed by atoms with Gasteiger partial charge in [-0.1, -0.05) is 30.3 Å². The van der Waals surface area contributed by atoms with E-state index in [-0.39, 0.29) is 11.2 Å². The minimum atomic E-state index is -3.48. The molecule has 2 aromatic carbocycles. The van der Waals surface area contributed by atoms with Gasteiger partial charge in [0.1, 0.15) is 11.6 Å². The van der Waals surface area contributed by atoms with Gasteiger partial charge in [-0.25, -0.2) is 4.98 Å². The molecule has 2 N–H and O–H groups in total.